The summed E-state index contributed by atoms with van der Waals surface area (Å²) in [4.78, 5) is 31.6. The number of hydrogen-bond donors (Lipinski definition) is 1. The number of nitrogens with zero attached hydrogens (tertiary/aromatic N) is 3. The number of carbonyl (C=O) groups is 2. The number of anilines is 1. The minimum atomic E-state index is -0.999. The molecule has 0 spiro atoms. The Morgan fingerprint density at radius 2 is 2.17 bits per heavy atom. The van der Waals surface area contributed by atoms with Gasteiger partial charge in [0.15, 0.2) is 0 Å². The Morgan fingerprint density at radius 1 is 1.46 bits per heavy atom. The van der Waals surface area contributed by atoms with E-state index in [0.717, 1.165) is 6.42 Å². The number of rotatable bonds is 4. The van der Waals surface area contributed by atoms with Crippen LogP contribution in [0.15, 0.2) is 18.3 Å². The molecule has 1 fully saturated rings. The summed E-state index contributed by atoms with van der Waals surface area (Å²) < 4.78 is 5.46. The molecule has 1 unspecified atom stereocenters. The maximum atomic E-state index is 12.4. The minimum Gasteiger partial charge on any atom is -0.478 e. The largest absolute Gasteiger partial charge is 0.478 e. The number of hydrogen-bond acceptors (Lipinski definition) is 5. The third kappa shape index (κ3) is 4.15. The van der Waals surface area contributed by atoms with E-state index in [1.54, 1.807) is 23.2 Å². The van der Waals surface area contributed by atoms with E-state index >= 15 is 0 Å². The van der Waals surface area contributed by atoms with E-state index in [-0.39, 0.29) is 17.7 Å². The van der Waals surface area contributed by atoms with Gasteiger partial charge in [-0.1, -0.05) is 0 Å². The molecule has 0 radical (unpaired) electrons. The third-order valence-corrected chi connectivity index (χ3v) is 3.89. The highest BCUT2D eigenvalue weighted by Crippen LogP contribution is 2.25. The lowest BCUT2D eigenvalue weighted by molar-refractivity contribution is 0.0190. The van der Waals surface area contributed by atoms with Crippen LogP contribution in [0.25, 0.3) is 0 Å². The summed E-state index contributed by atoms with van der Waals surface area (Å²) in [5.41, 5.74) is -0.362. The van der Waals surface area contributed by atoms with Gasteiger partial charge in [-0.15, -0.1) is 0 Å². The predicted molar refractivity (Wildman–Crippen MR) is 90.4 cm³/mol. The number of amides is 1. The molecule has 1 aliphatic rings. The number of aromatic nitrogens is 1. The SMILES string of the molecule is CCN(C(=O)OC(C)(C)C)C1CCN(c2ncccc2C(=O)O)C1. The van der Waals surface area contributed by atoms with Crippen molar-refractivity contribution in [2.75, 3.05) is 24.5 Å². The van der Waals surface area contributed by atoms with E-state index in [0.29, 0.717) is 25.5 Å². The molecule has 1 N–H and O–H groups in total. The van der Waals surface area contributed by atoms with Crippen LogP contribution in [0.4, 0.5) is 10.6 Å². The Labute approximate surface area is 142 Å². The third-order valence-electron chi connectivity index (χ3n) is 3.89. The maximum Gasteiger partial charge on any atom is 0.410 e. The zero-order valence-corrected chi connectivity index (χ0v) is 14.7. The van der Waals surface area contributed by atoms with Crippen LogP contribution < -0.4 is 4.90 Å². The second-order valence-corrected chi connectivity index (χ2v) is 6.83. The molecular formula is C17H25N3O4. The summed E-state index contributed by atoms with van der Waals surface area (Å²) >= 11 is 0. The first kappa shape index (κ1) is 18.0. The molecule has 0 aromatic carbocycles. The number of pyridine rings is 1. The maximum absolute atomic E-state index is 12.4. The Balaban J connectivity index is 2.12. The average Bonchev–Trinajstić information content (AvgIpc) is 2.95. The van der Waals surface area contributed by atoms with Gasteiger partial charge in [-0.3, -0.25) is 0 Å². The van der Waals surface area contributed by atoms with E-state index in [4.69, 9.17) is 4.74 Å². The molecule has 1 aromatic heterocycles. The van der Waals surface area contributed by atoms with E-state index in [1.807, 2.05) is 32.6 Å². The average molecular weight is 335 g/mol. The Kier molecular flexibility index (Phi) is 5.31. The van der Waals surface area contributed by atoms with Crippen molar-refractivity contribution >= 4 is 17.9 Å². The first-order valence-electron chi connectivity index (χ1n) is 8.15. The molecule has 1 amide bonds. The van der Waals surface area contributed by atoms with Gasteiger partial charge in [-0.25, -0.2) is 14.6 Å². The smallest absolute Gasteiger partial charge is 0.410 e. The van der Waals surface area contributed by atoms with Crippen LogP contribution in [0.1, 0.15) is 44.5 Å². The molecule has 24 heavy (non-hydrogen) atoms. The fourth-order valence-electron chi connectivity index (χ4n) is 2.86. The standard InChI is InChI=1S/C17H25N3O4/c1-5-20(16(23)24-17(2,3)4)12-8-10-19(11-12)14-13(15(21)22)7-6-9-18-14/h6-7,9,12H,5,8,10-11H2,1-4H3,(H,21,22). The summed E-state index contributed by atoms with van der Waals surface area (Å²) in [6, 6.07) is 3.14. The van der Waals surface area contributed by atoms with Gasteiger partial charge >= 0.3 is 12.1 Å². The van der Waals surface area contributed by atoms with Crippen molar-refractivity contribution in [2.24, 2.45) is 0 Å². The van der Waals surface area contributed by atoms with Crippen LogP contribution in [0, 0.1) is 0 Å². The summed E-state index contributed by atoms with van der Waals surface area (Å²) in [5.74, 6) is -0.547. The minimum absolute atomic E-state index is 0.0199. The molecule has 1 saturated heterocycles. The molecule has 2 heterocycles. The van der Waals surface area contributed by atoms with Gasteiger partial charge in [-0.05, 0) is 46.2 Å². The number of aromatic carboxylic acids is 1. The fraction of sp³-hybridized carbons (Fsp3) is 0.588. The van der Waals surface area contributed by atoms with Gasteiger partial charge in [0.1, 0.15) is 17.0 Å². The van der Waals surface area contributed by atoms with E-state index in [1.165, 1.54) is 0 Å². The lowest BCUT2D eigenvalue weighted by atomic mass is 10.2. The summed E-state index contributed by atoms with van der Waals surface area (Å²) in [5, 5.41) is 9.31. The van der Waals surface area contributed by atoms with E-state index in [2.05, 4.69) is 4.98 Å². The van der Waals surface area contributed by atoms with Crippen molar-refractivity contribution in [2.45, 2.75) is 45.8 Å². The van der Waals surface area contributed by atoms with Crippen LogP contribution in [0.2, 0.25) is 0 Å². The van der Waals surface area contributed by atoms with Crippen LogP contribution >= 0.6 is 0 Å². The normalized spacial score (nSPS) is 17.7. The molecule has 1 aromatic rings. The van der Waals surface area contributed by atoms with Crippen LogP contribution in [-0.2, 0) is 4.74 Å². The van der Waals surface area contributed by atoms with Crippen molar-refractivity contribution < 1.29 is 19.4 Å². The van der Waals surface area contributed by atoms with Gasteiger partial charge in [-0.2, -0.15) is 0 Å². The summed E-state index contributed by atoms with van der Waals surface area (Å²) in [6.07, 6.45) is 2.00. The molecule has 7 heteroatoms. The quantitative estimate of drug-likeness (QED) is 0.911. The van der Waals surface area contributed by atoms with Crippen molar-refractivity contribution in [3.63, 3.8) is 0 Å². The molecule has 132 valence electrons. The summed E-state index contributed by atoms with van der Waals surface area (Å²) in [7, 11) is 0. The van der Waals surface area contributed by atoms with Gasteiger partial charge in [0.05, 0.1) is 6.04 Å². The first-order valence-corrected chi connectivity index (χ1v) is 8.15. The van der Waals surface area contributed by atoms with Crippen molar-refractivity contribution in [3.05, 3.63) is 23.9 Å². The monoisotopic (exact) mass is 335 g/mol. The molecule has 1 atom stereocenters. The Morgan fingerprint density at radius 3 is 2.75 bits per heavy atom. The van der Waals surface area contributed by atoms with Crippen molar-refractivity contribution in [1.82, 2.24) is 9.88 Å². The molecule has 0 bridgehead atoms. The van der Waals surface area contributed by atoms with Crippen LogP contribution in [0.5, 0.6) is 0 Å². The van der Waals surface area contributed by atoms with E-state index < -0.39 is 11.6 Å². The van der Waals surface area contributed by atoms with Crippen molar-refractivity contribution in [1.29, 1.82) is 0 Å². The number of likely N-dealkylation sites (N-methyl/N-ethyl adjacent to an activating group) is 1. The lowest BCUT2D eigenvalue weighted by Crippen LogP contribution is -2.44. The Hall–Kier alpha value is -2.31. The predicted octanol–water partition coefficient (Wildman–Crippen LogP) is 2.62. The number of carboxylic acid groups (broad SMARTS) is 1. The van der Waals surface area contributed by atoms with E-state index in [9.17, 15) is 14.7 Å². The van der Waals surface area contributed by atoms with Gasteiger partial charge in [0.2, 0.25) is 0 Å². The second-order valence-electron chi connectivity index (χ2n) is 6.83. The number of carboxylic acids is 1. The first-order chi connectivity index (χ1) is 11.2. The fourth-order valence-corrected chi connectivity index (χ4v) is 2.86. The van der Waals surface area contributed by atoms with Crippen LogP contribution in [0.3, 0.4) is 0 Å². The van der Waals surface area contributed by atoms with Crippen molar-refractivity contribution in [3.8, 4) is 0 Å². The van der Waals surface area contributed by atoms with Gasteiger partial charge < -0.3 is 19.6 Å². The number of carbonyl (C=O) groups excluding carboxylic acids is 1. The van der Waals surface area contributed by atoms with Crippen LogP contribution in [-0.4, -0.2) is 58.3 Å². The topological polar surface area (TPSA) is 83.0 Å². The zero-order chi connectivity index (χ0) is 17.9. The highest BCUT2D eigenvalue weighted by atomic mass is 16.6. The highest BCUT2D eigenvalue weighted by Gasteiger charge is 2.34. The number of ether oxygens (including phenoxy) is 1. The Bertz CT molecular complexity index is 612. The molecule has 2 rings (SSSR count). The zero-order valence-electron chi connectivity index (χ0n) is 14.7. The van der Waals surface area contributed by atoms with Gasteiger partial charge in [0.25, 0.3) is 0 Å². The molecular weight excluding hydrogens is 310 g/mol. The molecule has 7 nitrogen and oxygen atoms in total. The highest BCUT2D eigenvalue weighted by molar-refractivity contribution is 5.93. The molecule has 0 saturated carbocycles. The second kappa shape index (κ2) is 7.07. The molecule has 1 aliphatic heterocycles. The lowest BCUT2D eigenvalue weighted by Gasteiger charge is -2.31. The molecule has 0 aliphatic carbocycles. The summed E-state index contributed by atoms with van der Waals surface area (Å²) in [6.45, 7) is 9.18. The van der Waals surface area contributed by atoms with Gasteiger partial charge in [0, 0.05) is 25.8 Å².